The minimum absolute atomic E-state index is 0.0178. The van der Waals surface area contributed by atoms with Crippen LogP contribution in [0.3, 0.4) is 0 Å². The van der Waals surface area contributed by atoms with E-state index in [0.29, 0.717) is 11.4 Å². The van der Waals surface area contributed by atoms with Crippen LogP contribution in [0, 0.1) is 13.8 Å². The van der Waals surface area contributed by atoms with Crippen LogP contribution in [0.25, 0.3) is 0 Å². The van der Waals surface area contributed by atoms with Gasteiger partial charge >= 0.3 is 0 Å². The molecule has 0 saturated heterocycles. The second kappa shape index (κ2) is 9.31. The van der Waals surface area contributed by atoms with Crippen molar-refractivity contribution in [2.75, 3.05) is 17.1 Å². The summed E-state index contributed by atoms with van der Waals surface area (Å²) in [6.07, 6.45) is 1.11. The lowest BCUT2D eigenvalue weighted by atomic mass is 10.00. The maximum absolute atomic E-state index is 12.6. The van der Waals surface area contributed by atoms with Crippen LogP contribution in [-0.4, -0.2) is 33.2 Å². The Morgan fingerprint density at radius 3 is 2.24 bits per heavy atom. The predicted octanol–water partition coefficient (Wildman–Crippen LogP) is 3.73. The summed E-state index contributed by atoms with van der Waals surface area (Å²) in [6.45, 7) is 9.41. The molecule has 0 aliphatic rings. The van der Waals surface area contributed by atoms with Crippen LogP contribution in [0.4, 0.5) is 5.69 Å². The molecule has 2 aromatic rings. The molecular formula is C22H30N2O4S. The summed E-state index contributed by atoms with van der Waals surface area (Å²) in [7, 11) is -3.63. The van der Waals surface area contributed by atoms with Gasteiger partial charge in [-0.1, -0.05) is 23.8 Å². The maximum Gasteiger partial charge on any atom is 0.241 e. The van der Waals surface area contributed by atoms with Crippen molar-refractivity contribution < 1.29 is 17.9 Å². The Kier molecular flexibility index (Phi) is 7.30. The second-order valence-electron chi connectivity index (χ2n) is 7.58. The zero-order valence-corrected chi connectivity index (χ0v) is 18.7. The van der Waals surface area contributed by atoms with Gasteiger partial charge in [0.1, 0.15) is 12.3 Å². The molecule has 29 heavy (non-hydrogen) atoms. The Hall–Kier alpha value is -2.54. The normalized spacial score (nSPS) is 12.5. The molecule has 158 valence electrons. The summed E-state index contributed by atoms with van der Waals surface area (Å²) in [5.74, 6) is 0.275. The van der Waals surface area contributed by atoms with Crippen LogP contribution in [0.2, 0.25) is 0 Å². The summed E-state index contributed by atoms with van der Waals surface area (Å²) in [6, 6.07) is 12.5. The molecule has 0 bridgehead atoms. The molecule has 1 atom stereocenters. The van der Waals surface area contributed by atoms with Crippen molar-refractivity contribution in [2.24, 2.45) is 0 Å². The van der Waals surface area contributed by atoms with Crippen LogP contribution >= 0.6 is 0 Å². The lowest BCUT2D eigenvalue weighted by Gasteiger charge is -2.24. The van der Waals surface area contributed by atoms with E-state index in [1.807, 2.05) is 52.8 Å². The van der Waals surface area contributed by atoms with Crippen molar-refractivity contribution in [3.05, 3.63) is 59.2 Å². The van der Waals surface area contributed by atoms with Crippen LogP contribution in [0.15, 0.2) is 42.5 Å². The number of amides is 1. The fourth-order valence-electron chi connectivity index (χ4n) is 3.08. The van der Waals surface area contributed by atoms with E-state index >= 15 is 0 Å². The van der Waals surface area contributed by atoms with Gasteiger partial charge in [-0.25, -0.2) is 8.42 Å². The largest absolute Gasteiger partial charge is 0.491 e. The molecule has 0 aliphatic carbocycles. The Morgan fingerprint density at radius 2 is 1.69 bits per heavy atom. The quantitative estimate of drug-likeness (QED) is 0.709. The number of sulfonamides is 1. The summed E-state index contributed by atoms with van der Waals surface area (Å²) < 4.78 is 31.3. The first-order valence-electron chi connectivity index (χ1n) is 9.58. The molecule has 1 N–H and O–H groups in total. The molecule has 2 rings (SSSR count). The van der Waals surface area contributed by atoms with Crippen molar-refractivity contribution in [3.8, 4) is 5.75 Å². The highest BCUT2D eigenvalue weighted by Gasteiger charge is 2.22. The van der Waals surface area contributed by atoms with Gasteiger partial charge in [0.05, 0.1) is 24.1 Å². The summed E-state index contributed by atoms with van der Waals surface area (Å²) >= 11 is 0. The molecule has 0 radical (unpaired) electrons. The van der Waals surface area contributed by atoms with E-state index in [1.54, 1.807) is 24.3 Å². The van der Waals surface area contributed by atoms with Crippen LogP contribution < -0.4 is 14.4 Å². The fraction of sp³-hybridized carbons (Fsp3) is 0.409. The van der Waals surface area contributed by atoms with Gasteiger partial charge in [0.15, 0.2) is 0 Å². The number of anilines is 1. The minimum Gasteiger partial charge on any atom is -0.491 e. The Morgan fingerprint density at radius 1 is 1.07 bits per heavy atom. The molecular weight excluding hydrogens is 388 g/mol. The number of carbonyl (C=O) groups excluding carboxylic acids is 1. The van der Waals surface area contributed by atoms with E-state index in [1.165, 1.54) is 0 Å². The first-order chi connectivity index (χ1) is 13.5. The van der Waals surface area contributed by atoms with Gasteiger partial charge in [0.2, 0.25) is 15.9 Å². The minimum atomic E-state index is -3.63. The van der Waals surface area contributed by atoms with E-state index in [2.05, 4.69) is 5.32 Å². The Bertz CT molecular complexity index is 953. The number of nitrogens with zero attached hydrogens (tertiary/aromatic N) is 1. The van der Waals surface area contributed by atoms with Crippen molar-refractivity contribution >= 4 is 21.6 Å². The van der Waals surface area contributed by atoms with Gasteiger partial charge in [-0.15, -0.1) is 0 Å². The average molecular weight is 419 g/mol. The highest BCUT2D eigenvalue weighted by Crippen LogP contribution is 2.23. The third kappa shape index (κ3) is 6.49. The number of ether oxygens (including phenoxy) is 1. The van der Waals surface area contributed by atoms with E-state index in [9.17, 15) is 13.2 Å². The van der Waals surface area contributed by atoms with Crippen molar-refractivity contribution in [3.63, 3.8) is 0 Å². The van der Waals surface area contributed by atoms with Gasteiger partial charge in [0, 0.05) is 0 Å². The average Bonchev–Trinajstić information content (AvgIpc) is 2.61. The molecule has 0 saturated carbocycles. The first-order valence-corrected chi connectivity index (χ1v) is 11.4. The van der Waals surface area contributed by atoms with Crippen molar-refractivity contribution in [1.82, 2.24) is 5.32 Å². The van der Waals surface area contributed by atoms with Gasteiger partial charge in [0.25, 0.3) is 0 Å². The molecule has 1 amide bonds. The second-order valence-corrected chi connectivity index (χ2v) is 9.49. The first kappa shape index (κ1) is 22.7. The van der Waals surface area contributed by atoms with E-state index in [-0.39, 0.29) is 24.6 Å². The van der Waals surface area contributed by atoms with Gasteiger partial charge < -0.3 is 10.1 Å². The van der Waals surface area contributed by atoms with E-state index < -0.39 is 10.0 Å². The molecule has 0 spiro atoms. The van der Waals surface area contributed by atoms with Crippen molar-refractivity contribution in [1.29, 1.82) is 0 Å². The van der Waals surface area contributed by atoms with Gasteiger partial charge in [-0.3, -0.25) is 9.10 Å². The third-order valence-electron chi connectivity index (χ3n) is 4.46. The summed E-state index contributed by atoms with van der Waals surface area (Å²) in [5, 5.41) is 2.90. The van der Waals surface area contributed by atoms with Crippen LogP contribution in [0.1, 0.15) is 43.5 Å². The van der Waals surface area contributed by atoms with Crippen LogP contribution in [-0.2, 0) is 14.8 Å². The number of rotatable bonds is 8. The number of hydrogen-bond acceptors (Lipinski definition) is 4. The molecule has 0 aromatic heterocycles. The van der Waals surface area contributed by atoms with E-state index in [0.717, 1.165) is 27.3 Å². The van der Waals surface area contributed by atoms with Crippen molar-refractivity contribution in [2.45, 2.75) is 46.8 Å². The lowest BCUT2D eigenvalue weighted by molar-refractivity contribution is -0.120. The zero-order chi connectivity index (χ0) is 21.8. The highest BCUT2D eigenvalue weighted by atomic mass is 32.2. The van der Waals surface area contributed by atoms with Crippen LogP contribution in [0.5, 0.6) is 5.75 Å². The molecule has 0 heterocycles. The predicted molar refractivity (Wildman–Crippen MR) is 117 cm³/mol. The summed E-state index contributed by atoms with van der Waals surface area (Å²) in [4.78, 5) is 12.6. The number of aryl methyl sites for hydroxylation is 2. The molecule has 6 nitrogen and oxygen atoms in total. The van der Waals surface area contributed by atoms with E-state index in [4.69, 9.17) is 4.74 Å². The molecule has 7 heteroatoms. The van der Waals surface area contributed by atoms with Gasteiger partial charge in [-0.05, 0) is 70.0 Å². The fourth-order valence-corrected chi connectivity index (χ4v) is 3.94. The standard InChI is InChI=1S/C22H30N2O4S/c1-15(2)28-20-11-9-19(10-12-20)24(29(6,26)27)14-22(25)23-18(5)21-13-16(3)7-8-17(21)4/h7-13,15,18H,14H2,1-6H3,(H,23,25). The molecule has 0 aliphatic heterocycles. The topological polar surface area (TPSA) is 75.7 Å². The SMILES string of the molecule is Cc1ccc(C)c(C(C)NC(=O)CN(c2ccc(OC(C)C)cc2)S(C)(=O)=O)c1. The molecule has 2 aromatic carbocycles. The third-order valence-corrected chi connectivity index (χ3v) is 5.60. The number of hydrogen-bond donors (Lipinski definition) is 1. The number of nitrogens with one attached hydrogen (secondary N) is 1. The summed E-state index contributed by atoms with van der Waals surface area (Å²) in [5.41, 5.74) is 3.61. The lowest BCUT2D eigenvalue weighted by Crippen LogP contribution is -2.41. The number of carbonyl (C=O) groups is 1. The smallest absolute Gasteiger partial charge is 0.241 e. The molecule has 1 unspecified atom stereocenters. The number of benzene rings is 2. The highest BCUT2D eigenvalue weighted by molar-refractivity contribution is 7.92. The Labute approximate surface area is 173 Å². The Balaban J connectivity index is 2.16. The monoisotopic (exact) mass is 418 g/mol. The van der Waals surface area contributed by atoms with Gasteiger partial charge in [-0.2, -0.15) is 0 Å². The molecule has 0 fully saturated rings. The zero-order valence-electron chi connectivity index (χ0n) is 17.9. The maximum atomic E-state index is 12.6.